The van der Waals surface area contributed by atoms with E-state index in [9.17, 15) is 4.39 Å². The first kappa shape index (κ1) is 17.1. The zero-order valence-corrected chi connectivity index (χ0v) is 14.8. The molecule has 0 saturated carbocycles. The van der Waals surface area contributed by atoms with Crippen molar-refractivity contribution in [1.82, 2.24) is 20.0 Å². The van der Waals surface area contributed by atoms with E-state index in [1.54, 1.807) is 43.8 Å². The lowest BCUT2D eigenvalue weighted by atomic mass is 10.1. The van der Waals surface area contributed by atoms with Crippen LogP contribution in [0.3, 0.4) is 0 Å². The van der Waals surface area contributed by atoms with Gasteiger partial charge in [0.05, 0.1) is 25.1 Å². The van der Waals surface area contributed by atoms with Gasteiger partial charge in [0.25, 0.3) is 0 Å². The summed E-state index contributed by atoms with van der Waals surface area (Å²) in [6.07, 6.45) is 3.98. The topological polar surface area (TPSA) is 63.5 Å². The smallest absolute Gasteiger partial charge is 0.213 e. The van der Waals surface area contributed by atoms with Gasteiger partial charge in [-0.1, -0.05) is 24.3 Å². The molecule has 0 saturated heterocycles. The lowest BCUT2D eigenvalue weighted by molar-refractivity contribution is 0.213. The maximum Gasteiger partial charge on any atom is 0.213 e. The van der Waals surface area contributed by atoms with Gasteiger partial charge in [-0.2, -0.15) is 5.10 Å². The Morgan fingerprint density at radius 2 is 1.89 bits per heavy atom. The summed E-state index contributed by atoms with van der Waals surface area (Å²) in [6.45, 7) is 0.322. The van der Waals surface area contributed by atoms with Gasteiger partial charge in [0.2, 0.25) is 5.88 Å². The fourth-order valence-corrected chi connectivity index (χ4v) is 3.05. The fourth-order valence-electron chi connectivity index (χ4n) is 3.05. The van der Waals surface area contributed by atoms with E-state index >= 15 is 0 Å². The third-order valence-corrected chi connectivity index (χ3v) is 4.40. The highest BCUT2D eigenvalue weighted by Crippen LogP contribution is 2.32. The second kappa shape index (κ2) is 7.49. The number of hydrazone groups is 1. The van der Waals surface area contributed by atoms with Crippen molar-refractivity contribution in [3.05, 3.63) is 83.8 Å². The van der Waals surface area contributed by atoms with Gasteiger partial charge in [0, 0.05) is 30.4 Å². The molecular formula is C20H18FN5O. The highest BCUT2D eigenvalue weighted by Gasteiger charge is 2.31. The number of methoxy groups -OCH3 is 1. The minimum absolute atomic E-state index is 0.186. The number of hydrogen-bond acceptors (Lipinski definition) is 6. The van der Waals surface area contributed by atoms with Gasteiger partial charge in [-0.3, -0.25) is 5.01 Å². The molecule has 1 aliphatic rings. The van der Waals surface area contributed by atoms with Crippen LogP contribution >= 0.6 is 0 Å². The minimum atomic E-state index is -0.256. The van der Waals surface area contributed by atoms with Crippen LogP contribution in [0, 0.1) is 5.82 Å². The molecular weight excluding hydrogens is 345 g/mol. The number of halogens is 1. The van der Waals surface area contributed by atoms with Crippen molar-refractivity contribution >= 4 is 5.71 Å². The van der Waals surface area contributed by atoms with E-state index in [4.69, 9.17) is 9.84 Å². The molecule has 0 fully saturated rings. The highest BCUT2D eigenvalue weighted by atomic mass is 19.1. The van der Waals surface area contributed by atoms with Crippen LogP contribution in [0.4, 0.5) is 4.39 Å². The molecule has 0 spiro atoms. The van der Waals surface area contributed by atoms with E-state index in [0.717, 1.165) is 11.4 Å². The standard InChI is InChI=1S/C20H18FN5O/c1-27-19-9-4-8-16(24-19)17-12-18(20-22-10-5-11-23-20)26(25-17)13-14-6-2-3-7-15(14)21/h2-11,18H,12-13H2,1H3. The Hall–Kier alpha value is -3.35. The first-order chi connectivity index (χ1) is 13.2. The molecule has 27 heavy (non-hydrogen) atoms. The summed E-state index contributed by atoms with van der Waals surface area (Å²) in [5.41, 5.74) is 2.09. The molecule has 1 atom stereocenters. The van der Waals surface area contributed by atoms with Gasteiger partial charge >= 0.3 is 0 Å². The molecule has 0 radical (unpaired) electrons. The number of pyridine rings is 1. The number of rotatable bonds is 5. The molecule has 136 valence electrons. The highest BCUT2D eigenvalue weighted by molar-refractivity contribution is 6.00. The number of aromatic nitrogens is 3. The summed E-state index contributed by atoms with van der Waals surface area (Å²) in [7, 11) is 1.58. The number of hydrogen-bond donors (Lipinski definition) is 0. The molecule has 0 bridgehead atoms. The molecule has 0 N–H and O–H groups in total. The van der Waals surface area contributed by atoms with Crippen LogP contribution in [0.5, 0.6) is 5.88 Å². The SMILES string of the molecule is COc1cccc(C2=NN(Cc3ccccc3F)C(c3ncccn3)C2)n1. The average Bonchev–Trinajstić information content (AvgIpc) is 3.14. The average molecular weight is 363 g/mol. The predicted molar refractivity (Wildman–Crippen MR) is 98.7 cm³/mol. The monoisotopic (exact) mass is 363 g/mol. The van der Waals surface area contributed by atoms with E-state index < -0.39 is 0 Å². The number of nitrogens with zero attached hydrogens (tertiary/aromatic N) is 5. The largest absolute Gasteiger partial charge is 0.481 e. The summed E-state index contributed by atoms with van der Waals surface area (Å²) >= 11 is 0. The number of benzene rings is 1. The van der Waals surface area contributed by atoms with Crippen molar-refractivity contribution < 1.29 is 9.13 Å². The summed E-state index contributed by atoms with van der Waals surface area (Å²) in [6, 6.07) is 13.8. The molecule has 6 nitrogen and oxygen atoms in total. The van der Waals surface area contributed by atoms with Crippen molar-refractivity contribution in [2.75, 3.05) is 7.11 Å². The van der Waals surface area contributed by atoms with Gasteiger partial charge in [0.15, 0.2) is 5.82 Å². The molecule has 0 amide bonds. The van der Waals surface area contributed by atoms with E-state index in [1.807, 2.05) is 23.2 Å². The zero-order chi connectivity index (χ0) is 18.6. The van der Waals surface area contributed by atoms with Crippen LogP contribution in [0.1, 0.15) is 29.5 Å². The van der Waals surface area contributed by atoms with Crippen LogP contribution in [0.2, 0.25) is 0 Å². The Balaban J connectivity index is 1.68. The third kappa shape index (κ3) is 3.62. The van der Waals surface area contributed by atoms with E-state index in [0.29, 0.717) is 30.2 Å². The normalized spacial score (nSPS) is 16.3. The molecule has 0 aliphatic carbocycles. The lowest BCUT2D eigenvalue weighted by Crippen LogP contribution is -2.21. The molecule has 3 heterocycles. The second-order valence-corrected chi connectivity index (χ2v) is 6.13. The van der Waals surface area contributed by atoms with Crippen molar-refractivity contribution in [3.8, 4) is 5.88 Å². The first-order valence-corrected chi connectivity index (χ1v) is 8.60. The molecule has 1 aromatic carbocycles. The van der Waals surface area contributed by atoms with Crippen LogP contribution < -0.4 is 4.74 Å². The maximum atomic E-state index is 14.2. The zero-order valence-electron chi connectivity index (χ0n) is 14.8. The Bertz CT molecular complexity index is 963. The Morgan fingerprint density at radius 3 is 2.67 bits per heavy atom. The van der Waals surface area contributed by atoms with E-state index in [1.165, 1.54) is 6.07 Å². The second-order valence-electron chi connectivity index (χ2n) is 6.13. The quantitative estimate of drug-likeness (QED) is 0.695. The Kier molecular flexibility index (Phi) is 4.74. The maximum absolute atomic E-state index is 14.2. The molecule has 7 heteroatoms. The van der Waals surface area contributed by atoms with Crippen molar-refractivity contribution in [3.63, 3.8) is 0 Å². The molecule has 2 aromatic heterocycles. The van der Waals surface area contributed by atoms with Crippen LogP contribution in [0.15, 0.2) is 66.0 Å². The lowest BCUT2D eigenvalue weighted by Gasteiger charge is -2.22. The van der Waals surface area contributed by atoms with Gasteiger partial charge in [-0.05, 0) is 18.2 Å². The summed E-state index contributed by atoms with van der Waals surface area (Å²) in [5.74, 6) is 0.916. The van der Waals surface area contributed by atoms with Crippen molar-refractivity contribution in [1.29, 1.82) is 0 Å². The predicted octanol–water partition coefficient (Wildman–Crippen LogP) is 3.37. The Labute approximate surface area is 156 Å². The molecule has 3 aromatic rings. The minimum Gasteiger partial charge on any atom is -0.481 e. The molecule has 1 unspecified atom stereocenters. The van der Waals surface area contributed by atoms with Crippen LogP contribution in [-0.2, 0) is 6.54 Å². The Morgan fingerprint density at radius 1 is 1.07 bits per heavy atom. The third-order valence-electron chi connectivity index (χ3n) is 4.40. The number of ether oxygens (including phenoxy) is 1. The fraction of sp³-hybridized carbons (Fsp3) is 0.200. The first-order valence-electron chi connectivity index (χ1n) is 8.60. The van der Waals surface area contributed by atoms with Crippen molar-refractivity contribution in [2.45, 2.75) is 19.0 Å². The van der Waals surface area contributed by atoms with Gasteiger partial charge < -0.3 is 4.74 Å². The summed E-state index contributed by atoms with van der Waals surface area (Å²) in [4.78, 5) is 13.2. The van der Waals surface area contributed by atoms with Crippen LogP contribution in [0.25, 0.3) is 0 Å². The van der Waals surface area contributed by atoms with Gasteiger partial charge in [0.1, 0.15) is 11.9 Å². The van der Waals surface area contributed by atoms with Crippen LogP contribution in [-0.4, -0.2) is 32.8 Å². The van der Waals surface area contributed by atoms with E-state index in [2.05, 4.69) is 15.0 Å². The van der Waals surface area contributed by atoms with Crippen molar-refractivity contribution in [2.24, 2.45) is 5.10 Å². The molecule has 4 rings (SSSR count). The summed E-state index contributed by atoms with van der Waals surface area (Å²) < 4.78 is 19.4. The van der Waals surface area contributed by atoms with Gasteiger partial charge in [-0.15, -0.1) is 0 Å². The molecule has 1 aliphatic heterocycles. The summed E-state index contributed by atoms with van der Waals surface area (Å²) in [5, 5.41) is 6.54. The van der Waals surface area contributed by atoms with Gasteiger partial charge in [-0.25, -0.2) is 19.3 Å². The van der Waals surface area contributed by atoms with E-state index in [-0.39, 0.29) is 11.9 Å².